The maximum absolute atomic E-state index is 12.6. The Kier molecular flexibility index (Phi) is 3.17. The normalized spacial score (nSPS) is 13.8. The summed E-state index contributed by atoms with van der Waals surface area (Å²) in [4.78, 5) is 14.4. The average Bonchev–Trinajstić information content (AvgIpc) is 2.75. The lowest BCUT2D eigenvalue weighted by Crippen LogP contribution is -2.28. The quantitative estimate of drug-likeness (QED) is 0.844. The zero-order chi connectivity index (χ0) is 15.0. The summed E-state index contributed by atoms with van der Waals surface area (Å²) in [5.74, 6) is 0.0802. The molecule has 1 heterocycles. The number of anilines is 1. The predicted octanol–water partition coefficient (Wildman–Crippen LogP) is 4.13. The Hall–Kier alpha value is -2.34. The van der Waals surface area contributed by atoms with Gasteiger partial charge in [0, 0.05) is 17.5 Å². The van der Waals surface area contributed by atoms with Crippen molar-refractivity contribution >= 4 is 22.4 Å². The van der Waals surface area contributed by atoms with Crippen LogP contribution in [0.3, 0.4) is 0 Å². The molecule has 0 atom stereocenters. The van der Waals surface area contributed by atoms with Crippen molar-refractivity contribution < 1.29 is 4.79 Å². The Morgan fingerprint density at radius 1 is 1.19 bits per heavy atom. The fourth-order valence-electron chi connectivity index (χ4n) is 2.94. The molecule has 0 saturated carbocycles. The second-order valence-electron chi connectivity index (χ2n) is 6.24. The maximum atomic E-state index is 12.6. The lowest BCUT2D eigenvalue weighted by atomic mass is 9.90. The number of nitriles is 1. The minimum absolute atomic E-state index is 0.0802. The van der Waals surface area contributed by atoms with Gasteiger partial charge in [0.2, 0.25) is 0 Å². The summed E-state index contributed by atoms with van der Waals surface area (Å²) in [5, 5.41) is 11.2. The van der Waals surface area contributed by atoms with Crippen LogP contribution in [0.2, 0.25) is 0 Å². The van der Waals surface area contributed by atoms with E-state index >= 15 is 0 Å². The second kappa shape index (κ2) is 4.89. The molecule has 21 heavy (non-hydrogen) atoms. The third kappa shape index (κ3) is 2.27. The standard InChI is InChI=1S/C18H18N2O/c1-18(2,12-19)10-5-11-20-15-9-4-7-13-6-3-8-14(16(13)15)17(20)21/h3-4,6-9H,5,10-11H2,1-2H3. The Morgan fingerprint density at radius 3 is 2.62 bits per heavy atom. The topological polar surface area (TPSA) is 44.1 Å². The molecule has 2 aromatic rings. The molecule has 1 aliphatic rings. The van der Waals surface area contributed by atoms with E-state index in [1.165, 1.54) is 0 Å². The summed E-state index contributed by atoms with van der Waals surface area (Å²) in [6.45, 7) is 4.54. The van der Waals surface area contributed by atoms with Gasteiger partial charge in [-0.2, -0.15) is 5.26 Å². The van der Waals surface area contributed by atoms with Crippen LogP contribution in [0.4, 0.5) is 5.69 Å². The largest absolute Gasteiger partial charge is 0.308 e. The lowest BCUT2D eigenvalue weighted by molar-refractivity contribution is 0.0992. The molecule has 0 saturated heterocycles. The minimum atomic E-state index is -0.332. The first-order chi connectivity index (χ1) is 10.0. The van der Waals surface area contributed by atoms with Crippen LogP contribution in [0, 0.1) is 16.7 Å². The summed E-state index contributed by atoms with van der Waals surface area (Å²) < 4.78 is 0. The monoisotopic (exact) mass is 278 g/mol. The Bertz CT molecular complexity index is 750. The highest BCUT2D eigenvalue weighted by Crippen LogP contribution is 2.37. The molecule has 0 bridgehead atoms. The average molecular weight is 278 g/mol. The molecule has 106 valence electrons. The van der Waals surface area contributed by atoms with Crippen LogP contribution in [-0.2, 0) is 0 Å². The van der Waals surface area contributed by atoms with E-state index in [-0.39, 0.29) is 11.3 Å². The first-order valence-electron chi connectivity index (χ1n) is 7.28. The van der Waals surface area contributed by atoms with Crippen molar-refractivity contribution in [2.75, 3.05) is 11.4 Å². The number of benzene rings is 2. The van der Waals surface area contributed by atoms with Gasteiger partial charge < -0.3 is 4.90 Å². The Balaban J connectivity index is 1.86. The zero-order valence-corrected chi connectivity index (χ0v) is 12.4. The van der Waals surface area contributed by atoms with Crippen LogP contribution >= 0.6 is 0 Å². The molecule has 0 spiro atoms. The summed E-state index contributed by atoms with van der Waals surface area (Å²) in [7, 11) is 0. The first-order valence-corrected chi connectivity index (χ1v) is 7.28. The second-order valence-corrected chi connectivity index (χ2v) is 6.24. The van der Waals surface area contributed by atoms with E-state index in [1.54, 1.807) is 0 Å². The number of amides is 1. The molecule has 0 radical (unpaired) electrons. The van der Waals surface area contributed by atoms with E-state index in [2.05, 4.69) is 6.07 Å². The van der Waals surface area contributed by atoms with E-state index in [0.717, 1.165) is 34.9 Å². The third-order valence-corrected chi connectivity index (χ3v) is 4.14. The highest BCUT2D eigenvalue weighted by Gasteiger charge is 2.29. The maximum Gasteiger partial charge on any atom is 0.258 e. The predicted molar refractivity (Wildman–Crippen MR) is 84.3 cm³/mol. The minimum Gasteiger partial charge on any atom is -0.308 e. The SMILES string of the molecule is CC(C)(C#N)CCCN1C(=O)c2cccc3cccc1c23. The van der Waals surface area contributed by atoms with Crippen LogP contribution in [0.15, 0.2) is 36.4 Å². The molecular formula is C18H18N2O. The van der Waals surface area contributed by atoms with Gasteiger partial charge >= 0.3 is 0 Å². The number of carbonyl (C=O) groups excluding carboxylic acids is 1. The fourth-order valence-corrected chi connectivity index (χ4v) is 2.94. The molecule has 0 fully saturated rings. The highest BCUT2D eigenvalue weighted by atomic mass is 16.2. The van der Waals surface area contributed by atoms with Gasteiger partial charge in [-0.1, -0.05) is 24.3 Å². The molecule has 3 heteroatoms. The van der Waals surface area contributed by atoms with Gasteiger partial charge in [0.1, 0.15) is 0 Å². The van der Waals surface area contributed by atoms with Gasteiger partial charge in [-0.05, 0) is 44.2 Å². The van der Waals surface area contributed by atoms with Gasteiger partial charge in [-0.3, -0.25) is 4.79 Å². The summed E-state index contributed by atoms with van der Waals surface area (Å²) in [6.07, 6.45) is 1.62. The molecule has 2 aromatic carbocycles. The summed E-state index contributed by atoms with van der Waals surface area (Å²) in [6, 6.07) is 14.2. The molecule has 0 N–H and O–H groups in total. The van der Waals surface area contributed by atoms with Gasteiger partial charge in [-0.15, -0.1) is 0 Å². The van der Waals surface area contributed by atoms with E-state index in [4.69, 9.17) is 5.26 Å². The molecule has 3 nitrogen and oxygen atoms in total. The summed E-state index contributed by atoms with van der Waals surface area (Å²) >= 11 is 0. The van der Waals surface area contributed by atoms with E-state index in [9.17, 15) is 4.79 Å². The smallest absolute Gasteiger partial charge is 0.258 e. The van der Waals surface area contributed by atoms with Crippen molar-refractivity contribution in [2.45, 2.75) is 26.7 Å². The van der Waals surface area contributed by atoms with Gasteiger partial charge in [0.25, 0.3) is 5.91 Å². The van der Waals surface area contributed by atoms with Crippen LogP contribution in [-0.4, -0.2) is 12.5 Å². The number of carbonyl (C=O) groups is 1. The lowest BCUT2D eigenvalue weighted by Gasteiger charge is -2.20. The Labute approximate surface area is 124 Å². The van der Waals surface area contributed by atoms with Crippen LogP contribution in [0.5, 0.6) is 0 Å². The van der Waals surface area contributed by atoms with Crippen molar-refractivity contribution in [3.63, 3.8) is 0 Å². The van der Waals surface area contributed by atoms with Crippen LogP contribution < -0.4 is 4.90 Å². The van der Waals surface area contributed by atoms with Gasteiger partial charge in [0.15, 0.2) is 0 Å². The van der Waals surface area contributed by atoms with E-state index < -0.39 is 0 Å². The molecule has 3 rings (SSSR count). The highest BCUT2D eigenvalue weighted by molar-refractivity contribution is 6.24. The molecule has 0 aliphatic carbocycles. The molecule has 1 aliphatic heterocycles. The van der Waals surface area contributed by atoms with E-state index in [0.29, 0.717) is 6.54 Å². The summed E-state index contributed by atoms with van der Waals surface area (Å²) in [5.41, 5.74) is 1.47. The first kappa shape index (κ1) is 13.6. The number of rotatable bonds is 4. The van der Waals surface area contributed by atoms with Crippen molar-refractivity contribution in [2.24, 2.45) is 5.41 Å². The van der Waals surface area contributed by atoms with Crippen molar-refractivity contribution in [3.8, 4) is 6.07 Å². The molecule has 0 unspecified atom stereocenters. The molecule has 0 aromatic heterocycles. The zero-order valence-electron chi connectivity index (χ0n) is 12.4. The number of nitrogens with zero attached hydrogens (tertiary/aromatic N) is 2. The fraction of sp³-hybridized carbons (Fsp3) is 0.333. The number of hydrogen-bond donors (Lipinski definition) is 0. The molecule has 1 amide bonds. The van der Waals surface area contributed by atoms with Gasteiger partial charge in [0.05, 0.1) is 17.2 Å². The van der Waals surface area contributed by atoms with Crippen molar-refractivity contribution in [3.05, 3.63) is 42.0 Å². The van der Waals surface area contributed by atoms with Crippen LogP contribution in [0.25, 0.3) is 10.8 Å². The number of hydrogen-bond acceptors (Lipinski definition) is 2. The van der Waals surface area contributed by atoms with E-state index in [1.807, 2.05) is 55.1 Å². The third-order valence-electron chi connectivity index (χ3n) is 4.14. The van der Waals surface area contributed by atoms with Crippen LogP contribution in [0.1, 0.15) is 37.0 Å². The Morgan fingerprint density at radius 2 is 1.90 bits per heavy atom. The van der Waals surface area contributed by atoms with Gasteiger partial charge in [-0.25, -0.2) is 0 Å². The van der Waals surface area contributed by atoms with Crippen molar-refractivity contribution in [1.82, 2.24) is 0 Å². The molecular weight excluding hydrogens is 260 g/mol. The van der Waals surface area contributed by atoms with Crippen molar-refractivity contribution in [1.29, 1.82) is 5.26 Å².